The summed E-state index contributed by atoms with van der Waals surface area (Å²) in [6, 6.07) is 0.179. The van der Waals surface area contributed by atoms with E-state index in [1.807, 2.05) is 6.92 Å². The molecule has 0 aromatic rings. The maximum absolute atomic E-state index is 12.7. The molecule has 0 spiro atoms. The zero-order valence-corrected chi connectivity index (χ0v) is 8.97. The van der Waals surface area contributed by atoms with Crippen LogP contribution < -0.4 is 0 Å². The smallest absolute Gasteiger partial charge is 0.105 e. The fraction of sp³-hybridized carbons (Fsp3) is 1.00. The predicted octanol–water partition coefficient (Wildman–Crippen LogP) is 1.99. The molecule has 2 heterocycles. The molecule has 0 amide bonds. The Hall–Kier alpha value is -0.150. The molecule has 2 fully saturated rings. The minimum absolute atomic E-state index is 0.179. The third-order valence-corrected chi connectivity index (χ3v) is 3.79. The summed E-state index contributed by atoms with van der Waals surface area (Å²) in [5.74, 6) is 0. The van der Waals surface area contributed by atoms with E-state index in [-0.39, 0.29) is 18.3 Å². The van der Waals surface area contributed by atoms with Crippen LogP contribution in [0.4, 0.5) is 4.39 Å². The monoisotopic (exact) mass is 201 g/mol. The Morgan fingerprint density at radius 2 is 2.36 bits per heavy atom. The number of halogens is 1. The van der Waals surface area contributed by atoms with Crippen molar-refractivity contribution in [3.8, 4) is 0 Å². The Morgan fingerprint density at radius 3 is 3.07 bits per heavy atom. The van der Waals surface area contributed by atoms with Gasteiger partial charge in [0.25, 0.3) is 0 Å². The van der Waals surface area contributed by atoms with Crippen LogP contribution in [-0.2, 0) is 4.74 Å². The van der Waals surface area contributed by atoms with Crippen molar-refractivity contribution < 1.29 is 9.13 Å². The third-order valence-electron chi connectivity index (χ3n) is 3.79. The average Bonchev–Trinajstić information content (AvgIpc) is 2.72. The summed E-state index contributed by atoms with van der Waals surface area (Å²) >= 11 is 0. The molecule has 0 aliphatic carbocycles. The Labute approximate surface area is 85.4 Å². The molecule has 82 valence electrons. The molecule has 0 aromatic carbocycles. The number of rotatable bonds is 4. The summed E-state index contributed by atoms with van der Waals surface area (Å²) in [5, 5.41) is 0. The van der Waals surface area contributed by atoms with Crippen molar-refractivity contribution in [3.05, 3.63) is 0 Å². The Bertz CT molecular complexity index is 200. The molecule has 2 nitrogen and oxygen atoms in total. The molecule has 2 saturated heterocycles. The maximum atomic E-state index is 12.7. The van der Waals surface area contributed by atoms with Gasteiger partial charge in [0, 0.05) is 18.2 Å². The quantitative estimate of drug-likeness (QED) is 0.689. The van der Waals surface area contributed by atoms with E-state index < -0.39 is 0 Å². The van der Waals surface area contributed by atoms with Gasteiger partial charge < -0.3 is 4.74 Å². The van der Waals surface area contributed by atoms with E-state index in [4.69, 9.17) is 4.74 Å². The molecule has 2 rings (SSSR count). The molecule has 0 aromatic heterocycles. The van der Waals surface area contributed by atoms with Crippen LogP contribution in [0, 0.1) is 0 Å². The zero-order valence-electron chi connectivity index (χ0n) is 8.97. The molecule has 0 bridgehead atoms. The Kier molecular flexibility index (Phi) is 3.07. The zero-order chi connectivity index (χ0) is 10.0. The first kappa shape index (κ1) is 10.4. The highest BCUT2D eigenvalue weighted by atomic mass is 19.1. The highest BCUT2D eigenvalue weighted by Crippen LogP contribution is 2.42. The van der Waals surface area contributed by atoms with Gasteiger partial charge in [0.1, 0.15) is 6.67 Å². The van der Waals surface area contributed by atoms with Gasteiger partial charge in [-0.05, 0) is 39.2 Å². The number of hydrogen-bond acceptors (Lipinski definition) is 2. The normalized spacial score (nSPS) is 37.7. The van der Waals surface area contributed by atoms with Crippen molar-refractivity contribution in [2.75, 3.05) is 26.4 Å². The van der Waals surface area contributed by atoms with Crippen LogP contribution in [0.25, 0.3) is 0 Å². The summed E-state index contributed by atoms with van der Waals surface area (Å²) < 4.78 is 18.3. The van der Waals surface area contributed by atoms with E-state index in [1.165, 1.54) is 12.8 Å². The van der Waals surface area contributed by atoms with E-state index in [2.05, 4.69) is 4.90 Å². The molecule has 2 aliphatic heterocycles. The SMILES string of the molecule is CCOC[C@@]12CCCN1[C@H](CF)CC2. The van der Waals surface area contributed by atoms with Crippen molar-refractivity contribution in [3.63, 3.8) is 0 Å². The van der Waals surface area contributed by atoms with Crippen LogP contribution in [0.15, 0.2) is 0 Å². The topological polar surface area (TPSA) is 12.5 Å². The van der Waals surface area contributed by atoms with E-state index in [1.54, 1.807) is 0 Å². The van der Waals surface area contributed by atoms with Crippen LogP contribution in [0.2, 0.25) is 0 Å². The summed E-state index contributed by atoms with van der Waals surface area (Å²) in [5.41, 5.74) is 0.201. The molecule has 0 unspecified atom stereocenters. The van der Waals surface area contributed by atoms with Crippen LogP contribution in [0.1, 0.15) is 32.6 Å². The van der Waals surface area contributed by atoms with Crippen LogP contribution >= 0.6 is 0 Å². The van der Waals surface area contributed by atoms with Gasteiger partial charge in [-0.1, -0.05) is 0 Å². The minimum Gasteiger partial charge on any atom is -0.380 e. The molecule has 0 radical (unpaired) electrons. The highest BCUT2D eigenvalue weighted by Gasteiger charge is 2.48. The van der Waals surface area contributed by atoms with Gasteiger partial charge in [-0.15, -0.1) is 0 Å². The molecular weight excluding hydrogens is 181 g/mol. The lowest BCUT2D eigenvalue weighted by Gasteiger charge is -2.34. The first-order chi connectivity index (χ1) is 6.82. The summed E-state index contributed by atoms with van der Waals surface area (Å²) in [6.07, 6.45) is 4.55. The van der Waals surface area contributed by atoms with E-state index in [9.17, 15) is 4.39 Å². The van der Waals surface area contributed by atoms with Crippen molar-refractivity contribution in [2.45, 2.75) is 44.2 Å². The number of hydrogen-bond donors (Lipinski definition) is 0. The molecule has 2 aliphatic rings. The van der Waals surface area contributed by atoms with Gasteiger partial charge in [-0.25, -0.2) is 4.39 Å². The molecule has 14 heavy (non-hydrogen) atoms. The summed E-state index contributed by atoms with van der Waals surface area (Å²) in [7, 11) is 0. The molecule has 3 heteroatoms. The number of ether oxygens (including phenoxy) is 1. The minimum atomic E-state index is -0.187. The van der Waals surface area contributed by atoms with Crippen LogP contribution in [0.5, 0.6) is 0 Å². The van der Waals surface area contributed by atoms with Gasteiger partial charge in [0.05, 0.1) is 6.61 Å². The predicted molar refractivity (Wildman–Crippen MR) is 54.2 cm³/mol. The first-order valence-electron chi connectivity index (χ1n) is 5.73. The van der Waals surface area contributed by atoms with E-state index in [0.29, 0.717) is 0 Å². The standard InChI is InChI=1S/C11H20FNO/c1-2-14-9-11-5-3-7-13(11)10(8-12)4-6-11/h10H,2-9H2,1H3/t10-,11-/m0/s1. The summed E-state index contributed by atoms with van der Waals surface area (Å²) in [4.78, 5) is 2.36. The van der Waals surface area contributed by atoms with E-state index in [0.717, 1.165) is 32.6 Å². The molecule has 2 atom stereocenters. The number of fused-ring (bicyclic) bond motifs is 1. The maximum Gasteiger partial charge on any atom is 0.105 e. The lowest BCUT2D eigenvalue weighted by molar-refractivity contribution is 0.0261. The van der Waals surface area contributed by atoms with Crippen molar-refractivity contribution in [1.82, 2.24) is 4.90 Å². The van der Waals surface area contributed by atoms with Gasteiger partial charge >= 0.3 is 0 Å². The molecular formula is C11H20FNO. The average molecular weight is 201 g/mol. The first-order valence-corrected chi connectivity index (χ1v) is 5.73. The second-order valence-corrected chi connectivity index (χ2v) is 4.51. The lowest BCUT2D eigenvalue weighted by Crippen LogP contribution is -2.46. The Balaban J connectivity index is 2.02. The fourth-order valence-corrected chi connectivity index (χ4v) is 3.07. The second-order valence-electron chi connectivity index (χ2n) is 4.51. The molecule has 0 saturated carbocycles. The van der Waals surface area contributed by atoms with Crippen molar-refractivity contribution >= 4 is 0 Å². The van der Waals surface area contributed by atoms with Crippen molar-refractivity contribution in [2.24, 2.45) is 0 Å². The van der Waals surface area contributed by atoms with Gasteiger partial charge in [-0.3, -0.25) is 4.90 Å². The lowest BCUT2D eigenvalue weighted by atomic mass is 9.95. The third kappa shape index (κ3) is 1.57. The number of alkyl halides is 1. The van der Waals surface area contributed by atoms with Gasteiger partial charge in [-0.2, -0.15) is 0 Å². The number of nitrogens with zero attached hydrogens (tertiary/aromatic N) is 1. The van der Waals surface area contributed by atoms with Crippen molar-refractivity contribution in [1.29, 1.82) is 0 Å². The van der Waals surface area contributed by atoms with Crippen LogP contribution in [0.3, 0.4) is 0 Å². The van der Waals surface area contributed by atoms with Gasteiger partial charge in [0.15, 0.2) is 0 Å². The fourth-order valence-electron chi connectivity index (χ4n) is 3.07. The van der Waals surface area contributed by atoms with Crippen LogP contribution in [-0.4, -0.2) is 42.9 Å². The highest BCUT2D eigenvalue weighted by molar-refractivity contribution is 5.04. The van der Waals surface area contributed by atoms with Gasteiger partial charge in [0.2, 0.25) is 0 Å². The largest absolute Gasteiger partial charge is 0.380 e. The Morgan fingerprint density at radius 1 is 1.50 bits per heavy atom. The van der Waals surface area contributed by atoms with E-state index >= 15 is 0 Å². The second kappa shape index (κ2) is 4.15. The molecule has 0 N–H and O–H groups in total. The summed E-state index contributed by atoms with van der Waals surface area (Å²) in [6.45, 7) is 4.49.